The molecular weight excluding hydrogens is 268 g/mol. The molecule has 0 aromatic heterocycles. The quantitative estimate of drug-likeness (QED) is 0.753. The van der Waals surface area contributed by atoms with Crippen molar-refractivity contribution in [2.75, 3.05) is 35.5 Å². The second-order valence-corrected chi connectivity index (χ2v) is 3.55. The topological polar surface area (TPSA) is 80.3 Å². The third-order valence-corrected chi connectivity index (χ3v) is 2.63. The van der Waals surface area contributed by atoms with Gasteiger partial charge in [0.05, 0.1) is 35.5 Å². The van der Waals surface area contributed by atoms with Gasteiger partial charge in [-0.25, -0.2) is 9.59 Å². The lowest BCUT2D eigenvalue weighted by Gasteiger charge is -2.17. The highest BCUT2D eigenvalue weighted by atomic mass is 16.5. The van der Waals surface area contributed by atoms with Gasteiger partial charge in [-0.15, -0.1) is 0 Å². The van der Waals surface area contributed by atoms with Gasteiger partial charge in [0.1, 0.15) is 22.6 Å². The van der Waals surface area contributed by atoms with Crippen LogP contribution in [0.25, 0.3) is 0 Å². The number of hydrogen-bond acceptors (Lipinski definition) is 7. The number of hydrogen-bond donors (Lipinski definition) is 0. The molecule has 0 aliphatic rings. The van der Waals surface area contributed by atoms with Crippen molar-refractivity contribution >= 4 is 11.9 Å². The van der Waals surface area contributed by atoms with Gasteiger partial charge in [-0.3, -0.25) is 0 Å². The number of benzene rings is 1. The number of methoxy groups -OCH3 is 5. The molecule has 0 aliphatic heterocycles. The van der Waals surface area contributed by atoms with Gasteiger partial charge in [0, 0.05) is 6.07 Å². The zero-order valence-electron chi connectivity index (χ0n) is 11.9. The van der Waals surface area contributed by atoms with Crippen LogP contribution in [0.3, 0.4) is 0 Å². The zero-order chi connectivity index (χ0) is 15.3. The summed E-state index contributed by atoms with van der Waals surface area (Å²) in [5.41, 5.74) is -0.0302. The molecule has 1 aromatic carbocycles. The second kappa shape index (κ2) is 6.65. The Morgan fingerprint density at radius 3 is 1.40 bits per heavy atom. The molecule has 0 saturated heterocycles. The fraction of sp³-hybridized carbons (Fsp3) is 0.385. The van der Waals surface area contributed by atoms with E-state index < -0.39 is 11.9 Å². The van der Waals surface area contributed by atoms with E-state index in [0.29, 0.717) is 0 Å². The third-order valence-electron chi connectivity index (χ3n) is 2.63. The van der Waals surface area contributed by atoms with Crippen molar-refractivity contribution in [3.63, 3.8) is 0 Å². The molecule has 1 rings (SSSR count). The summed E-state index contributed by atoms with van der Waals surface area (Å²) in [7, 11) is 6.48. The first-order valence-corrected chi connectivity index (χ1v) is 5.55. The molecule has 0 amide bonds. The molecule has 0 spiro atoms. The van der Waals surface area contributed by atoms with E-state index in [2.05, 4.69) is 9.47 Å². The van der Waals surface area contributed by atoms with Crippen molar-refractivity contribution in [2.45, 2.75) is 0 Å². The van der Waals surface area contributed by atoms with Crippen LogP contribution in [-0.4, -0.2) is 47.5 Å². The monoisotopic (exact) mass is 284 g/mol. The summed E-state index contributed by atoms with van der Waals surface area (Å²) in [5.74, 6) is -1.10. The molecule has 7 heteroatoms. The number of esters is 2. The number of ether oxygens (including phenoxy) is 5. The largest absolute Gasteiger partial charge is 0.496 e. The predicted molar refractivity (Wildman–Crippen MR) is 68.8 cm³/mol. The summed E-state index contributed by atoms with van der Waals surface area (Å²) in [4.78, 5) is 23.7. The van der Waals surface area contributed by atoms with Crippen LogP contribution in [-0.2, 0) is 9.47 Å². The van der Waals surface area contributed by atoms with Crippen LogP contribution in [0.2, 0.25) is 0 Å². The van der Waals surface area contributed by atoms with Crippen molar-refractivity contribution in [1.29, 1.82) is 0 Å². The maximum absolute atomic E-state index is 11.9. The average molecular weight is 284 g/mol. The Kier molecular flexibility index (Phi) is 5.19. The minimum atomic E-state index is -0.702. The Hall–Kier alpha value is -2.44. The first-order chi connectivity index (χ1) is 9.55. The van der Waals surface area contributed by atoms with Gasteiger partial charge in [-0.05, 0) is 0 Å². The van der Waals surface area contributed by atoms with E-state index in [9.17, 15) is 9.59 Å². The molecule has 0 aliphatic carbocycles. The summed E-state index contributed by atoms with van der Waals surface area (Å²) in [5, 5.41) is 0. The lowest BCUT2D eigenvalue weighted by Crippen LogP contribution is -2.13. The molecular formula is C13H16O7. The van der Waals surface area contributed by atoms with Gasteiger partial charge in [0.15, 0.2) is 5.75 Å². The first kappa shape index (κ1) is 15.6. The average Bonchev–Trinajstić information content (AvgIpc) is 2.50. The SMILES string of the molecule is COC(=O)c1c(OC)cc(OC)c(C(=O)OC)c1OC. The van der Waals surface area contributed by atoms with Gasteiger partial charge in [0.25, 0.3) is 0 Å². The van der Waals surface area contributed by atoms with E-state index in [1.54, 1.807) is 0 Å². The van der Waals surface area contributed by atoms with Gasteiger partial charge in [-0.1, -0.05) is 0 Å². The Balaban J connectivity index is 3.73. The molecule has 20 heavy (non-hydrogen) atoms. The highest BCUT2D eigenvalue weighted by Gasteiger charge is 2.30. The zero-order valence-corrected chi connectivity index (χ0v) is 11.9. The maximum Gasteiger partial charge on any atom is 0.345 e. The summed E-state index contributed by atoms with van der Waals surface area (Å²) >= 11 is 0. The maximum atomic E-state index is 11.9. The molecule has 0 bridgehead atoms. The fourth-order valence-corrected chi connectivity index (χ4v) is 1.73. The molecule has 0 saturated carbocycles. The van der Waals surface area contributed by atoms with E-state index in [4.69, 9.17) is 14.2 Å². The Morgan fingerprint density at radius 2 is 1.15 bits per heavy atom. The minimum absolute atomic E-state index is 0.0151. The molecule has 110 valence electrons. The molecule has 0 unspecified atom stereocenters. The van der Waals surface area contributed by atoms with Crippen molar-refractivity contribution in [3.8, 4) is 17.2 Å². The van der Waals surface area contributed by atoms with Crippen molar-refractivity contribution in [2.24, 2.45) is 0 Å². The normalized spacial score (nSPS) is 9.65. The van der Waals surface area contributed by atoms with E-state index in [-0.39, 0.29) is 28.4 Å². The van der Waals surface area contributed by atoms with Crippen molar-refractivity contribution in [1.82, 2.24) is 0 Å². The van der Waals surface area contributed by atoms with Crippen LogP contribution >= 0.6 is 0 Å². The summed E-state index contributed by atoms with van der Waals surface area (Å²) in [6.07, 6.45) is 0. The lowest BCUT2D eigenvalue weighted by molar-refractivity contribution is 0.0587. The van der Waals surface area contributed by atoms with Crippen molar-refractivity contribution < 1.29 is 33.3 Å². The number of carbonyl (C=O) groups excluding carboxylic acids is 2. The second-order valence-electron chi connectivity index (χ2n) is 3.55. The standard InChI is InChI=1S/C13H16O7/c1-16-7-6-8(17-2)10(13(15)20-5)11(18-3)9(7)12(14)19-4/h6H,1-5H3. The van der Waals surface area contributed by atoms with E-state index in [1.165, 1.54) is 41.6 Å². The first-order valence-electron chi connectivity index (χ1n) is 5.55. The molecule has 0 atom stereocenters. The van der Waals surface area contributed by atoms with Gasteiger partial charge in [0.2, 0.25) is 0 Å². The molecule has 0 radical (unpaired) electrons. The summed E-state index contributed by atoms with van der Waals surface area (Å²) in [6, 6.07) is 1.39. The molecule has 1 aromatic rings. The smallest absolute Gasteiger partial charge is 0.345 e. The highest BCUT2D eigenvalue weighted by Crippen LogP contribution is 2.39. The molecule has 7 nitrogen and oxygen atoms in total. The van der Waals surface area contributed by atoms with E-state index >= 15 is 0 Å². The van der Waals surface area contributed by atoms with Gasteiger partial charge >= 0.3 is 11.9 Å². The predicted octanol–water partition coefficient (Wildman–Crippen LogP) is 1.29. The van der Waals surface area contributed by atoms with Crippen LogP contribution in [0.5, 0.6) is 17.2 Å². The van der Waals surface area contributed by atoms with Crippen LogP contribution < -0.4 is 14.2 Å². The van der Waals surface area contributed by atoms with E-state index in [0.717, 1.165) is 0 Å². The van der Waals surface area contributed by atoms with Crippen molar-refractivity contribution in [3.05, 3.63) is 17.2 Å². The number of carbonyl (C=O) groups is 2. The minimum Gasteiger partial charge on any atom is -0.496 e. The molecule has 0 N–H and O–H groups in total. The third kappa shape index (κ3) is 2.61. The van der Waals surface area contributed by atoms with Gasteiger partial charge < -0.3 is 23.7 Å². The highest BCUT2D eigenvalue weighted by molar-refractivity contribution is 6.04. The Labute approximate surface area is 116 Å². The summed E-state index contributed by atoms with van der Waals surface area (Å²) < 4.78 is 24.7. The molecule has 0 fully saturated rings. The fourth-order valence-electron chi connectivity index (χ4n) is 1.73. The Bertz CT molecular complexity index is 480. The van der Waals surface area contributed by atoms with Crippen LogP contribution in [0.1, 0.15) is 20.7 Å². The number of rotatable bonds is 5. The van der Waals surface area contributed by atoms with Crippen LogP contribution in [0.15, 0.2) is 6.07 Å². The van der Waals surface area contributed by atoms with Crippen LogP contribution in [0.4, 0.5) is 0 Å². The van der Waals surface area contributed by atoms with Gasteiger partial charge in [-0.2, -0.15) is 0 Å². The molecule has 0 heterocycles. The van der Waals surface area contributed by atoms with Crippen LogP contribution in [0, 0.1) is 0 Å². The summed E-state index contributed by atoms with van der Waals surface area (Å²) in [6.45, 7) is 0. The lowest BCUT2D eigenvalue weighted by atomic mass is 10.1. The Morgan fingerprint density at radius 1 is 0.750 bits per heavy atom. The van der Waals surface area contributed by atoms with E-state index in [1.807, 2.05) is 0 Å².